The van der Waals surface area contributed by atoms with E-state index in [1.165, 1.54) is 18.9 Å². The van der Waals surface area contributed by atoms with Gasteiger partial charge in [0.15, 0.2) is 0 Å². The third kappa shape index (κ3) is 2.84. The van der Waals surface area contributed by atoms with Crippen LogP contribution in [0.4, 0.5) is 4.39 Å². The minimum absolute atomic E-state index is 0.286. The van der Waals surface area contributed by atoms with Crippen LogP contribution in [0, 0.1) is 5.82 Å². The maximum absolute atomic E-state index is 15.1. The molecule has 146 valence electrons. The summed E-state index contributed by atoms with van der Waals surface area (Å²) in [5, 5.41) is 12.5. The fourth-order valence-electron chi connectivity index (χ4n) is 4.98. The molecule has 0 radical (unpaired) electrons. The van der Waals surface area contributed by atoms with Crippen molar-refractivity contribution in [1.29, 1.82) is 0 Å². The molecule has 1 N–H and O–H groups in total. The molecule has 0 spiro atoms. The van der Waals surface area contributed by atoms with Crippen LogP contribution in [0.5, 0.6) is 0 Å². The summed E-state index contributed by atoms with van der Waals surface area (Å²) in [6.45, 7) is 3.97. The van der Waals surface area contributed by atoms with Gasteiger partial charge in [-0.3, -0.25) is 9.88 Å². The maximum atomic E-state index is 15.1. The second kappa shape index (κ2) is 6.55. The quantitative estimate of drug-likeness (QED) is 0.715. The van der Waals surface area contributed by atoms with Gasteiger partial charge in [-0.2, -0.15) is 0 Å². The Labute approximate surface area is 168 Å². The summed E-state index contributed by atoms with van der Waals surface area (Å²) < 4.78 is 17.0. The lowest BCUT2D eigenvalue weighted by Crippen LogP contribution is -2.37. The largest absolute Gasteiger partial charge is 0.384 e. The van der Waals surface area contributed by atoms with Crippen LogP contribution < -0.4 is 0 Å². The summed E-state index contributed by atoms with van der Waals surface area (Å²) in [6.07, 6.45) is 6.60. The lowest BCUT2D eigenvalue weighted by molar-refractivity contribution is 0.0380. The van der Waals surface area contributed by atoms with E-state index >= 15 is 4.39 Å². The van der Waals surface area contributed by atoms with Crippen molar-refractivity contribution in [3.63, 3.8) is 0 Å². The lowest BCUT2D eigenvalue weighted by Gasteiger charge is -2.32. The first kappa shape index (κ1) is 18.1. The molecule has 1 aromatic carbocycles. The van der Waals surface area contributed by atoms with Crippen molar-refractivity contribution in [2.75, 3.05) is 6.54 Å². The van der Waals surface area contributed by atoms with Crippen LogP contribution in [-0.2, 0) is 25.1 Å². The molecule has 2 aromatic heterocycles. The number of rotatable bonds is 3. The minimum atomic E-state index is -1.14. The van der Waals surface area contributed by atoms with Gasteiger partial charge in [0.05, 0.1) is 12.1 Å². The Balaban J connectivity index is 1.68. The van der Waals surface area contributed by atoms with Crippen LogP contribution in [0.3, 0.4) is 0 Å². The zero-order valence-electron chi connectivity index (χ0n) is 15.8. The molecule has 5 rings (SSSR count). The van der Waals surface area contributed by atoms with Gasteiger partial charge in [0.25, 0.3) is 0 Å². The number of nitrogens with zero attached hydrogens (tertiary/aromatic N) is 3. The number of pyridine rings is 1. The molecular weight excluding hydrogens is 377 g/mol. The second-order valence-corrected chi connectivity index (χ2v) is 8.71. The summed E-state index contributed by atoms with van der Waals surface area (Å²) in [5.41, 5.74) is 2.46. The van der Waals surface area contributed by atoms with Crippen molar-refractivity contribution in [3.05, 3.63) is 64.3 Å². The van der Waals surface area contributed by atoms with Crippen LogP contribution in [0.25, 0.3) is 10.9 Å². The Hall–Kier alpha value is -1.95. The number of aliphatic hydroxyl groups is 1. The van der Waals surface area contributed by atoms with Crippen molar-refractivity contribution < 1.29 is 9.50 Å². The highest BCUT2D eigenvalue weighted by Gasteiger charge is 2.36. The van der Waals surface area contributed by atoms with E-state index in [-0.39, 0.29) is 12.4 Å². The topological polar surface area (TPSA) is 41.3 Å². The Kier molecular flexibility index (Phi) is 4.23. The number of aromatic nitrogens is 2. The Morgan fingerprint density at radius 3 is 2.89 bits per heavy atom. The van der Waals surface area contributed by atoms with Gasteiger partial charge in [0.2, 0.25) is 0 Å². The third-order valence-electron chi connectivity index (χ3n) is 6.35. The van der Waals surface area contributed by atoms with E-state index in [1.807, 2.05) is 22.8 Å². The average molecular weight is 400 g/mol. The number of halogens is 2. The van der Waals surface area contributed by atoms with Gasteiger partial charge in [-0.15, -0.1) is 0 Å². The standard InChI is InChI=1S/C22H23ClFN3O/c1-22(28,14-4-6-25-7-5-14)13-27-20-11-16-3-2-8-26(16)12-18(20)17-9-15(23)10-19(24)21(17)27/h4-7,9-10,16,28H,2-3,8,11-13H2,1H3/t16-,22?/m0/s1. The molecule has 2 atom stereocenters. The van der Waals surface area contributed by atoms with Crippen LogP contribution in [-0.4, -0.2) is 32.1 Å². The number of benzene rings is 1. The van der Waals surface area contributed by atoms with Crippen molar-refractivity contribution in [2.45, 2.75) is 50.9 Å². The van der Waals surface area contributed by atoms with Gasteiger partial charge in [-0.05, 0) is 61.7 Å². The second-order valence-electron chi connectivity index (χ2n) is 8.28. The fourth-order valence-corrected chi connectivity index (χ4v) is 5.18. The van der Waals surface area contributed by atoms with E-state index in [0.29, 0.717) is 16.6 Å². The summed E-state index contributed by atoms with van der Waals surface area (Å²) in [6, 6.07) is 7.36. The highest BCUT2D eigenvalue weighted by molar-refractivity contribution is 6.31. The van der Waals surface area contributed by atoms with Gasteiger partial charge < -0.3 is 9.67 Å². The molecule has 0 aliphatic carbocycles. The molecule has 3 aromatic rings. The third-order valence-corrected chi connectivity index (χ3v) is 6.57. The smallest absolute Gasteiger partial charge is 0.148 e. The molecule has 2 aliphatic rings. The molecule has 0 bridgehead atoms. The molecule has 0 saturated carbocycles. The van der Waals surface area contributed by atoms with Gasteiger partial charge >= 0.3 is 0 Å². The lowest BCUT2D eigenvalue weighted by atomic mass is 9.96. The molecular formula is C22H23ClFN3O. The van der Waals surface area contributed by atoms with Gasteiger partial charge in [-0.25, -0.2) is 4.39 Å². The minimum Gasteiger partial charge on any atom is -0.384 e. The molecule has 2 aliphatic heterocycles. The first-order valence-corrected chi connectivity index (χ1v) is 10.2. The van der Waals surface area contributed by atoms with Gasteiger partial charge in [0.1, 0.15) is 11.4 Å². The van der Waals surface area contributed by atoms with Gasteiger partial charge in [-0.1, -0.05) is 11.6 Å². The summed E-state index contributed by atoms with van der Waals surface area (Å²) in [7, 11) is 0. The van der Waals surface area contributed by atoms with Crippen LogP contribution >= 0.6 is 11.6 Å². The predicted molar refractivity (Wildman–Crippen MR) is 108 cm³/mol. The summed E-state index contributed by atoms with van der Waals surface area (Å²) >= 11 is 6.20. The van der Waals surface area contributed by atoms with Crippen molar-refractivity contribution in [3.8, 4) is 0 Å². The fraction of sp³-hybridized carbons (Fsp3) is 0.409. The number of hydrogen-bond acceptors (Lipinski definition) is 3. The van der Waals surface area contributed by atoms with E-state index in [4.69, 9.17) is 11.6 Å². The molecule has 4 heterocycles. The number of fused-ring (bicyclic) bond motifs is 4. The normalized spacial score (nSPS) is 21.5. The van der Waals surface area contributed by atoms with E-state index in [0.717, 1.165) is 41.7 Å². The molecule has 1 fully saturated rings. The number of hydrogen-bond donors (Lipinski definition) is 1. The van der Waals surface area contributed by atoms with E-state index < -0.39 is 5.60 Å². The monoisotopic (exact) mass is 399 g/mol. The van der Waals surface area contributed by atoms with E-state index in [2.05, 4.69) is 9.88 Å². The maximum Gasteiger partial charge on any atom is 0.148 e. The van der Waals surface area contributed by atoms with Crippen LogP contribution in [0.1, 0.15) is 36.6 Å². The Bertz CT molecular complexity index is 1050. The first-order chi connectivity index (χ1) is 13.4. The molecule has 0 amide bonds. The molecule has 1 saturated heterocycles. The SMILES string of the molecule is CC(O)(Cn1c2c(c3cc(Cl)cc(F)c31)CN1CCC[C@H]1C2)c1ccncc1. The van der Waals surface area contributed by atoms with Crippen molar-refractivity contribution in [1.82, 2.24) is 14.5 Å². The zero-order chi connectivity index (χ0) is 19.5. The zero-order valence-corrected chi connectivity index (χ0v) is 16.6. The predicted octanol–water partition coefficient (Wildman–Crippen LogP) is 4.26. The summed E-state index contributed by atoms with van der Waals surface area (Å²) in [5.74, 6) is -0.331. The molecule has 1 unspecified atom stereocenters. The van der Waals surface area contributed by atoms with E-state index in [9.17, 15) is 5.11 Å². The molecule has 28 heavy (non-hydrogen) atoms. The van der Waals surface area contributed by atoms with E-state index in [1.54, 1.807) is 19.3 Å². The highest BCUT2D eigenvalue weighted by atomic mass is 35.5. The summed E-state index contributed by atoms with van der Waals surface area (Å²) in [4.78, 5) is 6.53. The van der Waals surface area contributed by atoms with Crippen LogP contribution in [0.15, 0.2) is 36.7 Å². The van der Waals surface area contributed by atoms with Crippen molar-refractivity contribution in [2.24, 2.45) is 0 Å². The highest BCUT2D eigenvalue weighted by Crippen LogP contribution is 2.39. The first-order valence-electron chi connectivity index (χ1n) is 9.80. The molecule has 6 heteroatoms. The van der Waals surface area contributed by atoms with Gasteiger partial charge in [0, 0.05) is 47.5 Å². The van der Waals surface area contributed by atoms with Crippen molar-refractivity contribution >= 4 is 22.5 Å². The Morgan fingerprint density at radius 2 is 2.11 bits per heavy atom. The Morgan fingerprint density at radius 1 is 1.32 bits per heavy atom. The average Bonchev–Trinajstić information content (AvgIpc) is 3.23. The van der Waals surface area contributed by atoms with Crippen LogP contribution in [0.2, 0.25) is 5.02 Å². The molecule has 4 nitrogen and oxygen atoms in total.